The van der Waals surface area contributed by atoms with Gasteiger partial charge in [-0.15, -0.1) is 0 Å². The first-order valence-corrected chi connectivity index (χ1v) is 11.7. The molecule has 0 spiro atoms. The van der Waals surface area contributed by atoms with Crippen LogP contribution in [0.3, 0.4) is 0 Å². The Morgan fingerprint density at radius 1 is 1.06 bits per heavy atom. The van der Waals surface area contributed by atoms with Crippen molar-refractivity contribution < 1.29 is 9.18 Å². The van der Waals surface area contributed by atoms with Gasteiger partial charge in [-0.3, -0.25) is 5.43 Å². The van der Waals surface area contributed by atoms with Crippen LogP contribution in [0.25, 0.3) is 0 Å². The van der Waals surface area contributed by atoms with Gasteiger partial charge in [-0.25, -0.2) is 4.39 Å². The SMILES string of the molecule is CCCC(=N)Cc1ccc(C2Nc3cccc4c3C(=NNC4C=O)C2c2ccc(F)cc2)cc1. The molecule has 3 atom stereocenters. The van der Waals surface area contributed by atoms with Crippen molar-refractivity contribution in [3.8, 4) is 0 Å². The van der Waals surface area contributed by atoms with Gasteiger partial charge in [-0.05, 0) is 46.9 Å². The predicted octanol–water partition coefficient (Wildman–Crippen LogP) is 5.69. The number of carbonyl (C=O) groups is 1. The van der Waals surface area contributed by atoms with E-state index in [2.05, 4.69) is 47.0 Å². The third-order valence-electron chi connectivity index (χ3n) is 6.62. The number of hydrogen-bond donors (Lipinski definition) is 3. The Balaban J connectivity index is 1.57. The highest BCUT2D eigenvalue weighted by Gasteiger charge is 2.40. The zero-order valence-corrected chi connectivity index (χ0v) is 19.0. The van der Waals surface area contributed by atoms with Crippen LogP contribution >= 0.6 is 0 Å². The fourth-order valence-corrected chi connectivity index (χ4v) is 5.01. The van der Waals surface area contributed by atoms with Gasteiger partial charge in [0, 0.05) is 23.4 Å². The number of hydrogen-bond acceptors (Lipinski definition) is 5. The van der Waals surface area contributed by atoms with E-state index in [1.54, 1.807) is 12.1 Å². The lowest BCUT2D eigenvalue weighted by Gasteiger charge is -2.39. The van der Waals surface area contributed by atoms with Crippen molar-refractivity contribution in [3.05, 3.63) is 100 Å². The number of aldehydes is 1. The minimum atomic E-state index is -0.497. The number of rotatable bonds is 7. The Bertz CT molecular complexity index is 1250. The molecule has 3 aromatic rings. The molecule has 5 nitrogen and oxygen atoms in total. The number of halogens is 1. The lowest BCUT2D eigenvalue weighted by atomic mass is 9.75. The van der Waals surface area contributed by atoms with Crippen molar-refractivity contribution in [1.82, 2.24) is 5.43 Å². The van der Waals surface area contributed by atoms with E-state index in [1.165, 1.54) is 12.1 Å². The lowest BCUT2D eigenvalue weighted by molar-refractivity contribution is -0.109. The lowest BCUT2D eigenvalue weighted by Crippen LogP contribution is -2.38. The van der Waals surface area contributed by atoms with Crippen molar-refractivity contribution in [2.45, 2.75) is 44.2 Å². The minimum Gasteiger partial charge on any atom is -0.377 e. The second kappa shape index (κ2) is 9.21. The predicted molar refractivity (Wildman–Crippen MR) is 133 cm³/mol. The molecule has 3 aromatic carbocycles. The zero-order valence-electron chi connectivity index (χ0n) is 19.0. The van der Waals surface area contributed by atoms with Gasteiger partial charge in [0.15, 0.2) is 0 Å². The van der Waals surface area contributed by atoms with Crippen LogP contribution in [0.1, 0.15) is 65.6 Å². The number of carbonyl (C=O) groups excluding carboxylic acids is 1. The molecule has 2 heterocycles. The van der Waals surface area contributed by atoms with Crippen LogP contribution in [-0.2, 0) is 11.2 Å². The molecule has 3 N–H and O–H groups in total. The van der Waals surface area contributed by atoms with Gasteiger partial charge in [0.1, 0.15) is 18.1 Å². The largest absolute Gasteiger partial charge is 0.377 e. The van der Waals surface area contributed by atoms with Gasteiger partial charge >= 0.3 is 0 Å². The highest BCUT2D eigenvalue weighted by molar-refractivity contribution is 6.13. The summed E-state index contributed by atoms with van der Waals surface area (Å²) in [5.41, 5.74) is 10.5. The first kappa shape index (κ1) is 22.0. The van der Waals surface area contributed by atoms with Gasteiger partial charge < -0.3 is 15.5 Å². The van der Waals surface area contributed by atoms with E-state index in [1.807, 2.05) is 18.2 Å². The average molecular weight is 455 g/mol. The van der Waals surface area contributed by atoms with Crippen molar-refractivity contribution in [2.24, 2.45) is 5.10 Å². The summed E-state index contributed by atoms with van der Waals surface area (Å²) in [6.07, 6.45) is 3.31. The number of hydrazone groups is 1. The van der Waals surface area contributed by atoms with E-state index in [9.17, 15) is 9.18 Å². The first-order chi connectivity index (χ1) is 16.6. The molecule has 172 valence electrons. The summed E-state index contributed by atoms with van der Waals surface area (Å²) in [5.74, 6) is -0.465. The summed E-state index contributed by atoms with van der Waals surface area (Å²) in [6, 6.07) is 20.2. The van der Waals surface area contributed by atoms with Crippen molar-refractivity contribution in [3.63, 3.8) is 0 Å². The normalized spacial score (nSPS) is 20.4. The average Bonchev–Trinajstić information content (AvgIpc) is 2.85. The monoisotopic (exact) mass is 454 g/mol. The first-order valence-electron chi connectivity index (χ1n) is 11.7. The molecule has 0 aromatic heterocycles. The number of anilines is 1. The van der Waals surface area contributed by atoms with Gasteiger partial charge in [-0.2, -0.15) is 5.10 Å². The third-order valence-corrected chi connectivity index (χ3v) is 6.62. The molecule has 3 unspecified atom stereocenters. The van der Waals surface area contributed by atoms with Crippen molar-refractivity contribution in [2.75, 3.05) is 5.32 Å². The second-order valence-electron chi connectivity index (χ2n) is 8.93. The third kappa shape index (κ3) is 4.00. The van der Waals surface area contributed by atoms with E-state index >= 15 is 0 Å². The number of benzene rings is 3. The highest BCUT2D eigenvalue weighted by Crippen LogP contribution is 2.45. The molecule has 0 radical (unpaired) electrons. The Hall–Kier alpha value is -3.80. The van der Waals surface area contributed by atoms with Gasteiger partial charge in [-0.1, -0.05) is 61.9 Å². The summed E-state index contributed by atoms with van der Waals surface area (Å²) >= 11 is 0. The maximum Gasteiger partial charge on any atom is 0.148 e. The zero-order chi connectivity index (χ0) is 23.7. The van der Waals surface area contributed by atoms with Crippen LogP contribution in [0, 0.1) is 11.2 Å². The van der Waals surface area contributed by atoms with Gasteiger partial charge in [0.05, 0.1) is 17.7 Å². The summed E-state index contributed by atoms with van der Waals surface area (Å²) in [6.45, 7) is 2.09. The number of nitrogens with one attached hydrogen (secondary N) is 3. The highest BCUT2D eigenvalue weighted by atomic mass is 19.1. The van der Waals surface area contributed by atoms with Crippen LogP contribution in [0.2, 0.25) is 0 Å². The molecule has 2 aliphatic heterocycles. The molecule has 0 fully saturated rings. The van der Waals surface area contributed by atoms with Gasteiger partial charge in [0.2, 0.25) is 0 Å². The smallest absolute Gasteiger partial charge is 0.148 e. The Morgan fingerprint density at radius 2 is 1.79 bits per heavy atom. The van der Waals surface area contributed by atoms with Crippen LogP contribution in [0.5, 0.6) is 0 Å². The van der Waals surface area contributed by atoms with Crippen molar-refractivity contribution >= 4 is 23.4 Å². The maximum atomic E-state index is 13.8. The molecule has 34 heavy (non-hydrogen) atoms. The Morgan fingerprint density at radius 3 is 2.50 bits per heavy atom. The van der Waals surface area contributed by atoms with E-state index in [-0.39, 0.29) is 17.8 Å². The minimum absolute atomic E-state index is 0.134. The summed E-state index contributed by atoms with van der Waals surface area (Å²) in [7, 11) is 0. The van der Waals surface area contributed by atoms with Crippen LogP contribution in [-0.4, -0.2) is 17.7 Å². The second-order valence-corrected chi connectivity index (χ2v) is 8.93. The molecule has 2 aliphatic rings. The van der Waals surface area contributed by atoms with Gasteiger partial charge in [0.25, 0.3) is 0 Å². The molecular weight excluding hydrogens is 427 g/mol. The molecule has 6 heteroatoms. The molecule has 0 amide bonds. The van der Waals surface area contributed by atoms with Crippen molar-refractivity contribution in [1.29, 1.82) is 5.41 Å². The standard InChI is InChI=1S/C28H27FN4O/c1-2-4-21(30)15-17-7-9-19(10-8-17)27-25(18-11-13-20(29)14-12-18)28-26-22(24(16-34)32-33-28)5-3-6-23(26)31-27/h3,5-14,16,24-25,27,30-32H,2,4,15H2,1H3. The Kier molecular flexibility index (Phi) is 5.97. The molecule has 0 saturated carbocycles. The molecule has 5 rings (SSSR count). The number of nitrogens with zero attached hydrogens (tertiary/aromatic N) is 1. The summed E-state index contributed by atoms with van der Waals surface area (Å²) in [5, 5.41) is 16.5. The molecular formula is C28H27FN4O. The van der Waals surface area contributed by atoms with Crippen LogP contribution in [0.4, 0.5) is 10.1 Å². The molecule has 0 aliphatic carbocycles. The summed E-state index contributed by atoms with van der Waals surface area (Å²) in [4.78, 5) is 11.7. The molecule has 0 bridgehead atoms. The summed E-state index contributed by atoms with van der Waals surface area (Å²) < 4.78 is 13.8. The fourth-order valence-electron chi connectivity index (χ4n) is 5.01. The van der Waals surface area contributed by atoms with E-state index in [0.29, 0.717) is 6.42 Å². The molecule has 0 saturated heterocycles. The van der Waals surface area contributed by atoms with E-state index in [4.69, 9.17) is 5.41 Å². The maximum absolute atomic E-state index is 13.8. The Labute approximate surface area is 198 Å². The van der Waals surface area contributed by atoms with E-state index < -0.39 is 6.04 Å². The quantitative estimate of drug-likeness (QED) is 0.317. The fraction of sp³-hybridized carbons (Fsp3) is 0.250. The van der Waals surface area contributed by atoms with E-state index in [0.717, 1.165) is 64.1 Å². The topological polar surface area (TPSA) is 77.3 Å². The van der Waals surface area contributed by atoms with Crippen LogP contribution < -0.4 is 10.7 Å². The van der Waals surface area contributed by atoms with Crippen LogP contribution in [0.15, 0.2) is 71.8 Å².